The summed E-state index contributed by atoms with van der Waals surface area (Å²) in [4.78, 5) is 0. The quantitative estimate of drug-likeness (QED) is 0.120. The molecule has 10 aromatic rings. The first-order valence-corrected chi connectivity index (χ1v) is 23.0. The van der Waals surface area contributed by atoms with E-state index in [2.05, 4.69) is 270 Å². The molecule has 0 saturated heterocycles. The Bertz CT molecular complexity index is 3050. The molecule has 0 amide bonds. The smallest absolute Gasteiger partial charge is 0.00201 e. The van der Waals surface area contributed by atoms with Crippen molar-refractivity contribution >= 4 is 11.1 Å². The standard InChI is InChI=1S/C66H52/c1-45-15-23-49(24-16-45)51-31-35-53(36-32-51)59-39-41-61(55-27-19-47(3)20-28-55)63(43-59)65(57-11-7-5-8-12-57)66(58-13-9-6-10-14-58)64-44-60(40-42-62(64)56-29-21-48(4)22-30-56)54-37-33-52(34-38-54)50-25-17-46(2)18-26-50/h5-44H,1-4H3/b66-65+. The summed E-state index contributed by atoms with van der Waals surface area (Å²) in [7, 11) is 0. The van der Waals surface area contributed by atoms with Gasteiger partial charge in [0.1, 0.15) is 0 Å². The summed E-state index contributed by atoms with van der Waals surface area (Å²) in [5.74, 6) is 0. The van der Waals surface area contributed by atoms with E-state index in [-0.39, 0.29) is 0 Å². The average Bonchev–Trinajstić information content (AvgIpc) is 3.37. The minimum Gasteiger partial charge on any atom is -0.0622 e. The van der Waals surface area contributed by atoms with Gasteiger partial charge in [0.25, 0.3) is 0 Å². The van der Waals surface area contributed by atoms with E-state index >= 15 is 0 Å². The lowest BCUT2D eigenvalue weighted by molar-refractivity contribution is 1.45. The van der Waals surface area contributed by atoms with Crippen LogP contribution in [-0.2, 0) is 0 Å². The molecule has 0 fully saturated rings. The Morgan fingerprint density at radius 1 is 0.212 bits per heavy atom. The Balaban J connectivity index is 1.25. The maximum absolute atomic E-state index is 2.43. The van der Waals surface area contributed by atoms with Crippen molar-refractivity contribution in [1.29, 1.82) is 0 Å². The molecule has 10 aromatic carbocycles. The van der Waals surface area contributed by atoms with Gasteiger partial charge in [0, 0.05) is 0 Å². The molecule has 316 valence electrons. The molecule has 0 heterocycles. The van der Waals surface area contributed by atoms with Gasteiger partial charge in [0.05, 0.1) is 0 Å². The van der Waals surface area contributed by atoms with Crippen molar-refractivity contribution in [2.24, 2.45) is 0 Å². The van der Waals surface area contributed by atoms with Crippen LogP contribution in [0.3, 0.4) is 0 Å². The second-order valence-corrected chi connectivity index (χ2v) is 17.6. The van der Waals surface area contributed by atoms with E-state index in [1.54, 1.807) is 0 Å². The Kier molecular flexibility index (Phi) is 11.8. The summed E-state index contributed by atoms with van der Waals surface area (Å²) >= 11 is 0. The first kappa shape index (κ1) is 41.9. The van der Waals surface area contributed by atoms with Gasteiger partial charge >= 0.3 is 0 Å². The van der Waals surface area contributed by atoms with Gasteiger partial charge in [-0.15, -0.1) is 0 Å². The normalized spacial score (nSPS) is 11.6. The molecule has 0 atom stereocenters. The van der Waals surface area contributed by atoms with Crippen LogP contribution in [0.15, 0.2) is 243 Å². The summed E-state index contributed by atoms with van der Waals surface area (Å²) in [5.41, 5.74) is 26.3. The van der Waals surface area contributed by atoms with E-state index in [1.165, 1.54) is 111 Å². The minimum atomic E-state index is 1.15. The lowest BCUT2D eigenvalue weighted by atomic mass is 9.79. The summed E-state index contributed by atoms with van der Waals surface area (Å²) in [5, 5.41) is 0. The van der Waals surface area contributed by atoms with Crippen molar-refractivity contribution in [3.8, 4) is 66.8 Å². The van der Waals surface area contributed by atoms with Gasteiger partial charge in [-0.25, -0.2) is 0 Å². The predicted molar refractivity (Wildman–Crippen MR) is 282 cm³/mol. The monoisotopic (exact) mass is 844 g/mol. The van der Waals surface area contributed by atoms with Crippen LogP contribution in [-0.4, -0.2) is 0 Å². The molecule has 66 heavy (non-hydrogen) atoms. The average molecular weight is 845 g/mol. The molecule has 0 radical (unpaired) electrons. The van der Waals surface area contributed by atoms with Crippen LogP contribution in [0.5, 0.6) is 0 Å². The highest BCUT2D eigenvalue weighted by molar-refractivity contribution is 6.10. The Hall–Kier alpha value is -8.06. The lowest BCUT2D eigenvalue weighted by Crippen LogP contribution is -2.02. The van der Waals surface area contributed by atoms with E-state index in [9.17, 15) is 0 Å². The second kappa shape index (κ2) is 18.6. The van der Waals surface area contributed by atoms with Crippen molar-refractivity contribution in [3.05, 3.63) is 287 Å². The maximum atomic E-state index is 2.43. The molecular formula is C66H52. The van der Waals surface area contributed by atoms with Crippen molar-refractivity contribution < 1.29 is 0 Å². The van der Waals surface area contributed by atoms with E-state index in [0.717, 1.165) is 11.1 Å². The highest BCUT2D eigenvalue weighted by Gasteiger charge is 2.23. The van der Waals surface area contributed by atoms with E-state index < -0.39 is 0 Å². The van der Waals surface area contributed by atoms with E-state index in [4.69, 9.17) is 0 Å². The molecule has 0 N–H and O–H groups in total. The molecule has 0 bridgehead atoms. The molecule has 0 heteroatoms. The lowest BCUT2D eigenvalue weighted by Gasteiger charge is -2.24. The topological polar surface area (TPSA) is 0 Å². The third-order valence-electron chi connectivity index (χ3n) is 12.9. The van der Waals surface area contributed by atoms with Gasteiger partial charge in [-0.1, -0.05) is 253 Å². The van der Waals surface area contributed by atoms with Crippen molar-refractivity contribution in [2.75, 3.05) is 0 Å². The van der Waals surface area contributed by atoms with Crippen LogP contribution >= 0.6 is 0 Å². The summed E-state index contributed by atoms with van der Waals surface area (Å²) in [6.45, 7) is 8.59. The summed E-state index contributed by atoms with van der Waals surface area (Å²) in [6, 6.07) is 89.8. The number of benzene rings is 10. The Labute approximate surface area is 390 Å². The number of rotatable bonds is 10. The van der Waals surface area contributed by atoms with E-state index in [1.807, 2.05) is 0 Å². The van der Waals surface area contributed by atoms with Gasteiger partial charge in [-0.2, -0.15) is 0 Å². The highest BCUT2D eigenvalue weighted by atomic mass is 14.3. The van der Waals surface area contributed by atoms with Crippen LogP contribution in [0.4, 0.5) is 0 Å². The molecule has 0 saturated carbocycles. The van der Waals surface area contributed by atoms with Crippen LogP contribution in [0.25, 0.3) is 77.9 Å². The van der Waals surface area contributed by atoms with Crippen LogP contribution in [0.1, 0.15) is 44.5 Å². The highest BCUT2D eigenvalue weighted by Crippen LogP contribution is 2.46. The zero-order valence-electron chi connectivity index (χ0n) is 38.1. The Morgan fingerprint density at radius 3 is 0.727 bits per heavy atom. The van der Waals surface area contributed by atoms with E-state index in [0.29, 0.717) is 0 Å². The SMILES string of the molecule is Cc1ccc(-c2ccc(-c3ccc(-c4ccc(C)cc4)c(/C(=C(\c4ccccc4)c4cc(-c5ccc(-c6ccc(C)cc6)cc5)ccc4-c4ccc(C)cc4)c4ccccc4)c3)cc2)cc1. The number of hydrogen-bond acceptors (Lipinski definition) is 0. The van der Waals surface area contributed by atoms with Crippen molar-refractivity contribution in [2.45, 2.75) is 27.7 Å². The van der Waals surface area contributed by atoms with Gasteiger partial charge in [0.15, 0.2) is 0 Å². The first-order chi connectivity index (χ1) is 32.3. The number of aryl methyl sites for hydroxylation is 4. The molecule has 0 aliphatic rings. The van der Waals surface area contributed by atoms with Crippen molar-refractivity contribution in [1.82, 2.24) is 0 Å². The molecule has 0 nitrogen and oxygen atoms in total. The van der Waals surface area contributed by atoms with Crippen molar-refractivity contribution in [3.63, 3.8) is 0 Å². The largest absolute Gasteiger partial charge is 0.0622 e. The molecule has 0 spiro atoms. The van der Waals surface area contributed by atoms with Gasteiger partial charge in [0.2, 0.25) is 0 Å². The third kappa shape index (κ3) is 8.87. The molecule has 0 aliphatic heterocycles. The fraction of sp³-hybridized carbons (Fsp3) is 0.0606. The second-order valence-electron chi connectivity index (χ2n) is 17.6. The fourth-order valence-corrected chi connectivity index (χ4v) is 9.11. The molecule has 0 aromatic heterocycles. The van der Waals surface area contributed by atoms with Crippen LogP contribution in [0, 0.1) is 27.7 Å². The zero-order chi connectivity index (χ0) is 45.0. The molecular weight excluding hydrogens is 793 g/mol. The maximum Gasteiger partial charge on any atom is -0.00201 e. The van der Waals surface area contributed by atoms with Crippen LogP contribution in [0.2, 0.25) is 0 Å². The third-order valence-corrected chi connectivity index (χ3v) is 12.9. The Morgan fingerprint density at radius 2 is 0.439 bits per heavy atom. The summed E-state index contributed by atoms with van der Waals surface area (Å²) < 4.78 is 0. The van der Waals surface area contributed by atoms with Gasteiger partial charge < -0.3 is 0 Å². The first-order valence-electron chi connectivity index (χ1n) is 23.0. The van der Waals surface area contributed by atoms with Gasteiger partial charge in [-0.3, -0.25) is 0 Å². The molecule has 0 unspecified atom stereocenters. The minimum absolute atomic E-state index is 1.15. The zero-order valence-corrected chi connectivity index (χ0v) is 38.1. The number of hydrogen-bond donors (Lipinski definition) is 0. The summed E-state index contributed by atoms with van der Waals surface area (Å²) in [6.07, 6.45) is 0. The van der Waals surface area contributed by atoms with Gasteiger partial charge in [-0.05, 0) is 140 Å². The molecule has 10 rings (SSSR count). The predicted octanol–water partition coefficient (Wildman–Crippen LogP) is 17.9. The molecule has 0 aliphatic carbocycles. The fourth-order valence-electron chi connectivity index (χ4n) is 9.11. The van der Waals surface area contributed by atoms with Crippen LogP contribution < -0.4 is 0 Å².